The summed E-state index contributed by atoms with van der Waals surface area (Å²) in [6, 6.07) is 0. The van der Waals surface area contributed by atoms with Crippen LogP contribution in [0.3, 0.4) is 0 Å². The maximum atomic E-state index is 12.3. The van der Waals surface area contributed by atoms with E-state index in [2.05, 4.69) is 0 Å². The first-order valence-electron chi connectivity index (χ1n) is 7.34. The Morgan fingerprint density at radius 1 is 1.11 bits per heavy atom. The molecular weight excluding hydrogens is 244 g/mol. The molecule has 0 fully saturated rings. The maximum absolute atomic E-state index is 12.3. The van der Waals surface area contributed by atoms with E-state index in [9.17, 15) is 14.7 Å². The van der Waals surface area contributed by atoms with E-state index in [0.29, 0.717) is 19.3 Å². The molecule has 0 aromatic heterocycles. The zero-order valence-electron chi connectivity index (χ0n) is 12.7. The van der Waals surface area contributed by atoms with Crippen molar-refractivity contribution in [1.82, 2.24) is 0 Å². The number of aliphatic hydroxyl groups excluding tert-OH is 1. The molecule has 1 atom stereocenters. The summed E-state index contributed by atoms with van der Waals surface area (Å²) in [6.45, 7) is 7.23. The molecule has 0 bridgehead atoms. The van der Waals surface area contributed by atoms with Gasteiger partial charge in [0.25, 0.3) is 0 Å². The molecule has 0 aromatic rings. The van der Waals surface area contributed by atoms with Crippen molar-refractivity contribution in [3.63, 3.8) is 0 Å². The molecular formula is C15H28O4. The number of esters is 1. The first-order chi connectivity index (χ1) is 8.94. The zero-order valence-corrected chi connectivity index (χ0v) is 12.7. The zero-order chi connectivity index (χ0) is 14.9. The molecule has 0 aliphatic rings. The van der Waals surface area contributed by atoms with Crippen LogP contribution in [0.25, 0.3) is 0 Å². The quantitative estimate of drug-likeness (QED) is 0.377. The molecule has 4 nitrogen and oxygen atoms in total. The molecule has 0 rings (SSSR count). The van der Waals surface area contributed by atoms with Gasteiger partial charge < -0.3 is 9.84 Å². The van der Waals surface area contributed by atoms with Crippen LogP contribution >= 0.6 is 0 Å². The summed E-state index contributed by atoms with van der Waals surface area (Å²) in [5.74, 6) is -0.709. The van der Waals surface area contributed by atoms with Gasteiger partial charge in [0.2, 0.25) is 0 Å². The maximum Gasteiger partial charge on any atom is 0.321 e. The van der Waals surface area contributed by atoms with Crippen LogP contribution < -0.4 is 0 Å². The van der Waals surface area contributed by atoms with Crippen molar-refractivity contribution in [3.05, 3.63) is 0 Å². The molecule has 0 aliphatic heterocycles. The van der Waals surface area contributed by atoms with Crippen molar-refractivity contribution >= 4 is 11.8 Å². The first-order valence-corrected chi connectivity index (χ1v) is 7.34. The molecule has 0 radical (unpaired) electrons. The lowest BCUT2D eigenvalue weighted by Crippen LogP contribution is -2.41. The molecule has 1 unspecified atom stereocenters. The molecule has 0 saturated carbocycles. The minimum absolute atomic E-state index is 0.150. The number of ketones is 1. The van der Waals surface area contributed by atoms with Crippen molar-refractivity contribution in [2.45, 2.75) is 78.9 Å². The second-order valence-electron chi connectivity index (χ2n) is 5.11. The summed E-state index contributed by atoms with van der Waals surface area (Å²) in [4.78, 5) is 24.3. The van der Waals surface area contributed by atoms with E-state index in [-0.39, 0.29) is 5.78 Å². The molecule has 0 spiro atoms. The van der Waals surface area contributed by atoms with Crippen LogP contribution in [-0.4, -0.2) is 23.1 Å². The van der Waals surface area contributed by atoms with Gasteiger partial charge in [0.1, 0.15) is 11.2 Å². The van der Waals surface area contributed by atoms with Gasteiger partial charge in [-0.3, -0.25) is 9.59 Å². The van der Waals surface area contributed by atoms with Crippen LogP contribution in [0.5, 0.6) is 0 Å². The third kappa shape index (κ3) is 5.31. The van der Waals surface area contributed by atoms with Gasteiger partial charge in [0.05, 0.1) is 0 Å². The third-order valence-electron chi connectivity index (χ3n) is 3.57. The molecule has 0 saturated heterocycles. The van der Waals surface area contributed by atoms with Crippen molar-refractivity contribution in [3.8, 4) is 0 Å². The fraction of sp³-hybridized carbons (Fsp3) is 0.867. The van der Waals surface area contributed by atoms with Gasteiger partial charge in [-0.05, 0) is 19.8 Å². The highest BCUT2D eigenvalue weighted by atomic mass is 16.6. The first kappa shape index (κ1) is 18.1. The Labute approximate surface area is 116 Å². The molecule has 0 aliphatic carbocycles. The number of Topliss-reactive ketones (excluding diaryl/α,β-unsaturated/α-hetero) is 1. The minimum Gasteiger partial charge on any atom is -0.435 e. The number of carbonyl (C=O) groups is 2. The van der Waals surface area contributed by atoms with Crippen LogP contribution in [0.1, 0.15) is 72.6 Å². The average Bonchev–Trinajstić information content (AvgIpc) is 2.38. The Morgan fingerprint density at radius 3 is 1.89 bits per heavy atom. The van der Waals surface area contributed by atoms with Crippen molar-refractivity contribution in [2.24, 2.45) is 5.41 Å². The largest absolute Gasteiger partial charge is 0.435 e. The van der Waals surface area contributed by atoms with Crippen molar-refractivity contribution < 1.29 is 19.4 Å². The van der Waals surface area contributed by atoms with Gasteiger partial charge in [-0.1, -0.05) is 46.5 Å². The highest BCUT2D eigenvalue weighted by Gasteiger charge is 2.44. The fourth-order valence-corrected chi connectivity index (χ4v) is 2.10. The van der Waals surface area contributed by atoms with Gasteiger partial charge in [-0.25, -0.2) is 0 Å². The smallest absolute Gasteiger partial charge is 0.321 e. The molecule has 1 N–H and O–H groups in total. The van der Waals surface area contributed by atoms with E-state index < -0.39 is 17.7 Å². The van der Waals surface area contributed by atoms with Crippen molar-refractivity contribution in [1.29, 1.82) is 0 Å². The van der Waals surface area contributed by atoms with Gasteiger partial charge in [-0.2, -0.15) is 0 Å². The lowest BCUT2D eigenvalue weighted by atomic mass is 9.75. The van der Waals surface area contributed by atoms with Gasteiger partial charge in [-0.15, -0.1) is 0 Å². The number of hydrogen-bond acceptors (Lipinski definition) is 4. The molecule has 0 aromatic carbocycles. The topological polar surface area (TPSA) is 63.6 Å². The molecule has 4 heteroatoms. The van der Waals surface area contributed by atoms with E-state index in [1.165, 1.54) is 6.92 Å². The van der Waals surface area contributed by atoms with E-state index in [1.807, 2.05) is 13.8 Å². The SMILES string of the molecule is CCCCC(CCCC)(C(C)=O)C(=O)OC(O)CC. The van der Waals surface area contributed by atoms with Gasteiger partial charge in [0.15, 0.2) is 6.29 Å². The highest BCUT2D eigenvalue weighted by molar-refractivity contribution is 6.02. The van der Waals surface area contributed by atoms with Crippen LogP contribution in [-0.2, 0) is 14.3 Å². The number of carbonyl (C=O) groups excluding carboxylic acids is 2. The Bertz CT molecular complexity index is 278. The Kier molecular flexibility index (Phi) is 8.65. The minimum atomic E-state index is -1.12. The second-order valence-corrected chi connectivity index (χ2v) is 5.11. The Hall–Kier alpha value is -0.900. The Morgan fingerprint density at radius 2 is 1.58 bits per heavy atom. The second kappa shape index (κ2) is 9.08. The highest BCUT2D eigenvalue weighted by Crippen LogP contribution is 2.34. The molecule has 0 heterocycles. The number of ether oxygens (including phenoxy) is 1. The predicted molar refractivity (Wildman–Crippen MR) is 74.6 cm³/mol. The molecule has 19 heavy (non-hydrogen) atoms. The summed E-state index contributed by atoms with van der Waals surface area (Å²) in [5, 5.41) is 9.47. The summed E-state index contributed by atoms with van der Waals surface area (Å²) >= 11 is 0. The molecule has 0 amide bonds. The van der Waals surface area contributed by atoms with Gasteiger partial charge >= 0.3 is 5.97 Å². The number of hydrogen-bond donors (Lipinski definition) is 1. The lowest BCUT2D eigenvalue weighted by Gasteiger charge is -2.30. The van der Waals surface area contributed by atoms with Gasteiger partial charge in [0, 0.05) is 6.42 Å². The molecule has 112 valence electrons. The normalized spacial score (nSPS) is 13.1. The summed E-state index contributed by atoms with van der Waals surface area (Å²) in [5.41, 5.74) is -1.07. The number of rotatable bonds is 10. The number of aliphatic hydroxyl groups is 1. The summed E-state index contributed by atoms with van der Waals surface area (Å²) < 4.78 is 5.02. The fourth-order valence-electron chi connectivity index (χ4n) is 2.10. The standard InChI is InChI=1S/C15H28O4/c1-5-8-10-15(12(4)16,11-9-6-2)14(18)19-13(17)7-3/h13,17H,5-11H2,1-4H3. The lowest BCUT2D eigenvalue weighted by molar-refractivity contribution is -0.182. The number of unbranched alkanes of at least 4 members (excludes halogenated alkanes) is 2. The van der Waals surface area contributed by atoms with Crippen molar-refractivity contribution in [2.75, 3.05) is 0 Å². The van der Waals surface area contributed by atoms with E-state index in [1.54, 1.807) is 6.92 Å². The monoisotopic (exact) mass is 272 g/mol. The summed E-state index contributed by atoms with van der Waals surface area (Å²) in [6.07, 6.45) is 3.69. The van der Waals surface area contributed by atoms with E-state index in [4.69, 9.17) is 4.74 Å². The van der Waals surface area contributed by atoms with Crippen LogP contribution in [0.15, 0.2) is 0 Å². The average molecular weight is 272 g/mol. The van der Waals surface area contributed by atoms with Crippen LogP contribution in [0.2, 0.25) is 0 Å². The predicted octanol–water partition coefficient (Wildman–Crippen LogP) is 3.21. The van der Waals surface area contributed by atoms with Crippen LogP contribution in [0, 0.1) is 5.41 Å². The van der Waals surface area contributed by atoms with Crippen LogP contribution in [0.4, 0.5) is 0 Å². The Balaban J connectivity index is 5.06. The third-order valence-corrected chi connectivity index (χ3v) is 3.57. The summed E-state index contributed by atoms with van der Waals surface area (Å²) in [7, 11) is 0. The van der Waals surface area contributed by atoms with E-state index >= 15 is 0 Å². The van der Waals surface area contributed by atoms with E-state index in [0.717, 1.165) is 25.7 Å².